The molecule has 0 amide bonds. The maximum atomic E-state index is 6.06. The third kappa shape index (κ3) is 5.32. The van der Waals surface area contributed by atoms with Gasteiger partial charge in [0, 0.05) is 23.0 Å². The van der Waals surface area contributed by atoms with Crippen LogP contribution in [0.3, 0.4) is 0 Å². The van der Waals surface area contributed by atoms with Crippen molar-refractivity contribution in [1.29, 1.82) is 0 Å². The number of hydrogen-bond acceptors (Lipinski definition) is 4. The number of rotatable bonds is 6. The van der Waals surface area contributed by atoms with Crippen LogP contribution >= 0.6 is 0 Å². The molecule has 2 heterocycles. The molecule has 0 fully saturated rings. The molecular weight excluding hydrogens is 286 g/mol. The highest BCUT2D eigenvalue weighted by molar-refractivity contribution is 5.60. The highest BCUT2D eigenvalue weighted by atomic mass is 16.5. The molecule has 2 N–H and O–H groups in total. The van der Waals surface area contributed by atoms with Gasteiger partial charge in [0.2, 0.25) is 0 Å². The summed E-state index contributed by atoms with van der Waals surface area (Å²) in [6.45, 7) is 10.9. The van der Waals surface area contributed by atoms with E-state index in [0.717, 1.165) is 34.8 Å². The van der Waals surface area contributed by atoms with E-state index in [0.29, 0.717) is 12.5 Å². The number of aromatic nitrogens is 2. The molecular formula is C19H27N3O. The van der Waals surface area contributed by atoms with Crippen LogP contribution in [0.4, 0.5) is 0 Å². The van der Waals surface area contributed by atoms with Gasteiger partial charge in [0.1, 0.15) is 5.75 Å². The van der Waals surface area contributed by atoms with E-state index < -0.39 is 0 Å². The first kappa shape index (κ1) is 17.4. The Hall–Kier alpha value is -1.94. The summed E-state index contributed by atoms with van der Waals surface area (Å²) in [6, 6.07) is 8.00. The maximum Gasteiger partial charge on any atom is 0.140 e. The number of nitrogens with two attached hydrogens (primary N) is 1. The molecule has 4 heteroatoms. The smallest absolute Gasteiger partial charge is 0.140 e. The molecule has 0 spiro atoms. The Morgan fingerprint density at radius 2 is 1.96 bits per heavy atom. The average Bonchev–Trinajstić information content (AvgIpc) is 2.44. The number of nitrogens with zero attached hydrogens (tertiary/aromatic N) is 2. The molecule has 0 aliphatic carbocycles. The zero-order valence-corrected chi connectivity index (χ0v) is 14.8. The third-order valence-electron chi connectivity index (χ3n) is 3.63. The second-order valence-corrected chi connectivity index (χ2v) is 7.07. The van der Waals surface area contributed by atoms with E-state index in [1.807, 2.05) is 58.2 Å². The Bertz CT molecular complexity index is 662. The fourth-order valence-corrected chi connectivity index (χ4v) is 2.76. The Morgan fingerprint density at radius 1 is 1.22 bits per heavy atom. The quantitative estimate of drug-likeness (QED) is 0.878. The zero-order valence-electron chi connectivity index (χ0n) is 14.8. The average molecular weight is 313 g/mol. The van der Waals surface area contributed by atoms with E-state index in [9.17, 15) is 0 Å². The van der Waals surface area contributed by atoms with Crippen LogP contribution in [0.2, 0.25) is 0 Å². The lowest BCUT2D eigenvalue weighted by molar-refractivity contribution is 0.227. The third-order valence-corrected chi connectivity index (χ3v) is 3.63. The Kier molecular flexibility index (Phi) is 5.37. The molecule has 0 aliphatic rings. The fourth-order valence-electron chi connectivity index (χ4n) is 2.76. The lowest BCUT2D eigenvalue weighted by atomic mass is 9.93. The van der Waals surface area contributed by atoms with Crippen molar-refractivity contribution < 1.29 is 4.74 Å². The molecule has 23 heavy (non-hydrogen) atoms. The monoisotopic (exact) mass is 313 g/mol. The minimum atomic E-state index is -0.168. The van der Waals surface area contributed by atoms with Crippen molar-refractivity contribution in [3.63, 3.8) is 0 Å². The second kappa shape index (κ2) is 7.09. The molecule has 4 nitrogen and oxygen atoms in total. The van der Waals surface area contributed by atoms with Crippen LogP contribution in [0.5, 0.6) is 5.75 Å². The standard InChI is InChI=1S/C19H27N3O/c1-13(11-19(4,5)20)12-23-18-7-6-17(22-15(18)3)16-8-9-21-14(2)10-16/h6-10,13H,11-12,20H2,1-5H3/t13-/m0/s1. The van der Waals surface area contributed by atoms with Gasteiger partial charge >= 0.3 is 0 Å². The van der Waals surface area contributed by atoms with E-state index in [2.05, 4.69) is 16.9 Å². The molecule has 0 bridgehead atoms. The summed E-state index contributed by atoms with van der Waals surface area (Å²) in [7, 11) is 0. The Morgan fingerprint density at radius 3 is 2.57 bits per heavy atom. The molecule has 2 aromatic heterocycles. The first-order valence-corrected chi connectivity index (χ1v) is 8.07. The summed E-state index contributed by atoms with van der Waals surface area (Å²) in [4.78, 5) is 8.88. The lowest BCUT2D eigenvalue weighted by Crippen LogP contribution is -2.35. The molecule has 2 aromatic rings. The first-order valence-electron chi connectivity index (χ1n) is 8.07. The van der Waals surface area contributed by atoms with Crippen LogP contribution in [-0.2, 0) is 0 Å². The van der Waals surface area contributed by atoms with Crippen LogP contribution < -0.4 is 10.5 Å². The normalized spacial score (nSPS) is 13.0. The number of pyridine rings is 2. The van der Waals surface area contributed by atoms with Crippen molar-refractivity contribution in [1.82, 2.24) is 9.97 Å². The summed E-state index contributed by atoms with van der Waals surface area (Å²) in [5.41, 5.74) is 9.79. The molecule has 0 saturated carbocycles. The Labute approximate surface area is 139 Å². The first-order chi connectivity index (χ1) is 10.7. The van der Waals surface area contributed by atoms with Gasteiger partial charge in [-0.2, -0.15) is 0 Å². The lowest BCUT2D eigenvalue weighted by Gasteiger charge is -2.23. The van der Waals surface area contributed by atoms with Gasteiger partial charge in [-0.25, -0.2) is 4.98 Å². The van der Waals surface area contributed by atoms with Crippen molar-refractivity contribution in [3.8, 4) is 17.0 Å². The molecule has 0 aromatic carbocycles. The molecule has 2 rings (SSSR count). The summed E-state index contributed by atoms with van der Waals surface area (Å²) >= 11 is 0. The number of hydrogen-bond donors (Lipinski definition) is 1. The van der Waals surface area contributed by atoms with Gasteiger partial charge in [0.15, 0.2) is 0 Å². The minimum absolute atomic E-state index is 0.168. The largest absolute Gasteiger partial charge is 0.491 e. The topological polar surface area (TPSA) is 61.0 Å². The van der Waals surface area contributed by atoms with Gasteiger partial charge in [0.05, 0.1) is 18.0 Å². The summed E-state index contributed by atoms with van der Waals surface area (Å²) in [5, 5.41) is 0. The molecule has 0 saturated heterocycles. The SMILES string of the molecule is Cc1cc(-c2ccc(OC[C@@H](C)CC(C)(C)N)c(C)n2)ccn1. The van der Waals surface area contributed by atoms with Crippen molar-refractivity contribution in [2.45, 2.75) is 46.6 Å². The van der Waals surface area contributed by atoms with Crippen molar-refractivity contribution in [3.05, 3.63) is 41.9 Å². The van der Waals surface area contributed by atoms with Gasteiger partial charge in [-0.05, 0) is 64.3 Å². The van der Waals surface area contributed by atoms with Crippen LogP contribution in [0.25, 0.3) is 11.3 Å². The highest BCUT2D eigenvalue weighted by Gasteiger charge is 2.16. The molecule has 0 unspecified atom stereocenters. The van der Waals surface area contributed by atoms with Gasteiger partial charge in [-0.15, -0.1) is 0 Å². The molecule has 0 aliphatic heterocycles. The molecule has 1 atom stereocenters. The Balaban J connectivity index is 2.05. The van der Waals surface area contributed by atoms with Gasteiger partial charge in [-0.3, -0.25) is 4.98 Å². The van der Waals surface area contributed by atoms with E-state index in [4.69, 9.17) is 10.5 Å². The van der Waals surface area contributed by atoms with Crippen LogP contribution in [0, 0.1) is 19.8 Å². The number of ether oxygens (including phenoxy) is 1. The van der Waals surface area contributed by atoms with Crippen molar-refractivity contribution in [2.24, 2.45) is 11.7 Å². The highest BCUT2D eigenvalue weighted by Crippen LogP contribution is 2.24. The fraction of sp³-hybridized carbons (Fsp3) is 0.474. The molecule has 0 radical (unpaired) electrons. The van der Waals surface area contributed by atoms with Crippen LogP contribution in [0.1, 0.15) is 38.6 Å². The van der Waals surface area contributed by atoms with E-state index in [1.165, 1.54) is 0 Å². The van der Waals surface area contributed by atoms with E-state index in [1.54, 1.807) is 0 Å². The second-order valence-electron chi connectivity index (χ2n) is 7.07. The van der Waals surface area contributed by atoms with Crippen molar-refractivity contribution in [2.75, 3.05) is 6.61 Å². The predicted octanol–water partition coefficient (Wildman–Crippen LogP) is 3.90. The van der Waals surface area contributed by atoms with Gasteiger partial charge in [-0.1, -0.05) is 6.92 Å². The minimum Gasteiger partial charge on any atom is -0.491 e. The van der Waals surface area contributed by atoms with Gasteiger partial charge in [0.25, 0.3) is 0 Å². The van der Waals surface area contributed by atoms with Crippen LogP contribution in [-0.4, -0.2) is 22.1 Å². The van der Waals surface area contributed by atoms with Crippen molar-refractivity contribution >= 4 is 0 Å². The number of aryl methyl sites for hydroxylation is 2. The summed E-state index contributed by atoms with van der Waals surface area (Å²) in [5.74, 6) is 1.23. The van der Waals surface area contributed by atoms with E-state index in [-0.39, 0.29) is 5.54 Å². The van der Waals surface area contributed by atoms with E-state index >= 15 is 0 Å². The summed E-state index contributed by atoms with van der Waals surface area (Å²) in [6.07, 6.45) is 2.73. The van der Waals surface area contributed by atoms with Crippen LogP contribution in [0.15, 0.2) is 30.5 Å². The zero-order chi connectivity index (χ0) is 17.0. The summed E-state index contributed by atoms with van der Waals surface area (Å²) < 4.78 is 5.93. The van der Waals surface area contributed by atoms with Gasteiger partial charge < -0.3 is 10.5 Å². The maximum absolute atomic E-state index is 6.06. The predicted molar refractivity (Wildman–Crippen MR) is 94.5 cm³/mol. The molecule has 124 valence electrons.